The van der Waals surface area contributed by atoms with Gasteiger partial charge in [-0.05, 0) is 12.0 Å². The Kier molecular flexibility index (Phi) is 3.14. The first-order valence-corrected chi connectivity index (χ1v) is 4.77. The number of nitriles is 1. The van der Waals surface area contributed by atoms with Crippen LogP contribution >= 0.6 is 0 Å². The maximum Gasteiger partial charge on any atom is 0.337 e. The Balaban J connectivity index is 3.74. The molecule has 0 aromatic carbocycles. The predicted molar refractivity (Wildman–Crippen MR) is 57.4 cm³/mol. The molecule has 0 amide bonds. The van der Waals surface area contributed by atoms with E-state index in [0.717, 1.165) is 6.07 Å². The molecule has 5 nitrogen and oxygen atoms in total. The molecule has 0 unspecified atom stereocenters. The minimum Gasteiger partial charge on any atom is -0.478 e. The zero-order valence-corrected chi connectivity index (χ0v) is 9.31. The van der Waals surface area contributed by atoms with Gasteiger partial charge in [0.1, 0.15) is 11.6 Å². The zero-order chi connectivity index (χ0) is 12.5. The highest BCUT2D eigenvalue weighted by Crippen LogP contribution is 2.18. The van der Waals surface area contributed by atoms with Crippen molar-refractivity contribution >= 4 is 5.97 Å². The van der Waals surface area contributed by atoms with E-state index in [1.165, 1.54) is 11.6 Å². The van der Waals surface area contributed by atoms with Crippen molar-refractivity contribution in [3.05, 3.63) is 33.2 Å². The van der Waals surface area contributed by atoms with Crippen molar-refractivity contribution in [2.45, 2.75) is 19.8 Å². The van der Waals surface area contributed by atoms with Crippen LogP contribution in [0.1, 0.15) is 41.4 Å². The van der Waals surface area contributed by atoms with Gasteiger partial charge in [-0.3, -0.25) is 4.79 Å². The Labute approximate surface area is 92.6 Å². The van der Waals surface area contributed by atoms with E-state index in [2.05, 4.69) is 0 Å². The summed E-state index contributed by atoms with van der Waals surface area (Å²) in [6.07, 6.45) is 0. The third-order valence-electron chi connectivity index (χ3n) is 2.36. The summed E-state index contributed by atoms with van der Waals surface area (Å²) in [6.45, 7) is 3.60. The van der Waals surface area contributed by atoms with Gasteiger partial charge in [0.05, 0.1) is 5.56 Å². The third-order valence-corrected chi connectivity index (χ3v) is 2.36. The number of pyridine rings is 1. The van der Waals surface area contributed by atoms with Crippen molar-refractivity contribution in [2.75, 3.05) is 0 Å². The van der Waals surface area contributed by atoms with Crippen LogP contribution in [0.5, 0.6) is 0 Å². The molecule has 1 rings (SSSR count). The van der Waals surface area contributed by atoms with Gasteiger partial charge in [0.25, 0.3) is 5.56 Å². The molecule has 0 atom stereocenters. The van der Waals surface area contributed by atoms with Crippen LogP contribution in [0, 0.1) is 11.3 Å². The summed E-state index contributed by atoms with van der Waals surface area (Å²) in [5.74, 6) is -1.23. The number of aromatic nitrogens is 1. The van der Waals surface area contributed by atoms with Crippen LogP contribution in [0.25, 0.3) is 0 Å². The molecule has 0 spiro atoms. The fraction of sp³-hybridized carbons (Fsp3) is 0.364. The molecule has 16 heavy (non-hydrogen) atoms. The topological polar surface area (TPSA) is 83.1 Å². The number of rotatable bonds is 2. The number of nitrogens with zero attached hydrogens (tertiary/aromatic N) is 2. The SMILES string of the molecule is CC(C)c1c(C(=O)O)cc(C#N)c(=O)n1C. The van der Waals surface area contributed by atoms with E-state index >= 15 is 0 Å². The molecule has 1 N–H and O–H groups in total. The lowest BCUT2D eigenvalue weighted by atomic mass is 10.0. The van der Waals surface area contributed by atoms with Crippen molar-refractivity contribution in [1.82, 2.24) is 4.57 Å². The molecule has 0 aliphatic heterocycles. The molecular weight excluding hydrogens is 208 g/mol. The van der Waals surface area contributed by atoms with E-state index in [4.69, 9.17) is 10.4 Å². The van der Waals surface area contributed by atoms with Gasteiger partial charge in [0.15, 0.2) is 0 Å². The average molecular weight is 220 g/mol. The Morgan fingerprint density at radius 2 is 2.12 bits per heavy atom. The highest BCUT2D eigenvalue weighted by atomic mass is 16.4. The summed E-state index contributed by atoms with van der Waals surface area (Å²) >= 11 is 0. The monoisotopic (exact) mass is 220 g/mol. The van der Waals surface area contributed by atoms with Crippen LogP contribution in [0.15, 0.2) is 10.9 Å². The summed E-state index contributed by atoms with van der Waals surface area (Å²) < 4.78 is 1.23. The van der Waals surface area contributed by atoms with E-state index in [1.807, 2.05) is 0 Å². The van der Waals surface area contributed by atoms with Gasteiger partial charge in [-0.2, -0.15) is 5.26 Å². The molecule has 84 valence electrons. The van der Waals surface area contributed by atoms with E-state index < -0.39 is 11.5 Å². The van der Waals surface area contributed by atoms with Crippen LogP contribution < -0.4 is 5.56 Å². The van der Waals surface area contributed by atoms with Gasteiger partial charge >= 0.3 is 5.97 Å². The van der Waals surface area contributed by atoms with Crippen LogP contribution in [-0.4, -0.2) is 15.6 Å². The summed E-state index contributed by atoms with van der Waals surface area (Å²) in [4.78, 5) is 22.7. The molecular formula is C11H12N2O3. The first kappa shape index (κ1) is 12.0. The normalized spacial score (nSPS) is 10.2. The van der Waals surface area contributed by atoms with Gasteiger partial charge < -0.3 is 9.67 Å². The van der Waals surface area contributed by atoms with E-state index in [-0.39, 0.29) is 17.0 Å². The maximum atomic E-state index is 11.6. The number of carboxylic acids is 1. The van der Waals surface area contributed by atoms with Gasteiger partial charge in [0, 0.05) is 12.7 Å². The molecule has 0 bridgehead atoms. The third kappa shape index (κ3) is 1.82. The summed E-state index contributed by atoms with van der Waals surface area (Å²) in [5, 5.41) is 17.7. The summed E-state index contributed by atoms with van der Waals surface area (Å²) in [7, 11) is 1.48. The van der Waals surface area contributed by atoms with Crippen LogP contribution in [0.4, 0.5) is 0 Å². The highest BCUT2D eigenvalue weighted by molar-refractivity contribution is 5.89. The van der Waals surface area contributed by atoms with Crippen LogP contribution in [0.2, 0.25) is 0 Å². The quantitative estimate of drug-likeness (QED) is 0.808. The minimum atomic E-state index is -1.13. The molecule has 0 aliphatic carbocycles. The van der Waals surface area contributed by atoms with Gasteiger partial charge in [0.2, 0.25) is 0 Å². The van der Waals surface area contributed by atoms with Crippen molar-refractivity contribution in [3.63, 3.8) is 0 Å². The second-order valence-corrected chi connectivity index (χ2v) is 3.79. The number of aromatic carboxylic acids is 1. The Morgan fingerprint density at radius 1 is 1.56 bits per heavy atom. The predicted octanol–water partition coefficient (Wildman–Crippen LogP) is 1.08. The molecule has 0 aliphatic rings. The fourth-order valence-electron chi connectivity index (χ4n) is 1.70. The van der Waals surface area contributed by atoms with Gasteiger partial charge in [-0.25, -0.2) is 4.79 Å². The molecule has 1 aromatic rings. The Hall–Kier alpha value is -2.09. The molecule has 5 heteroatoms. The minimum absolute atomic E-state index is 0.00801. The van der Waals surface area contributed by atoms with Crippen molar-refractivity contribution in [3.8, 4) is 6.07 Å². The van der Waals surface area contributed by atoms with Crippen LogP contribution in [0.3, 0.4) is 0 Å². The molecule has 0 saturated heterocycles. The molecule has 0 radical (unpaired) electrons. The number of carbonyl (C=O) groups is 1. The van der Waals surface area contributed by atoms with E-state index in [1.54, 1.807) is 19.9 Å². The summed E-state index contributed by atoms with van der Waals surface area (Å²) in [5.41, 5.74) is -0.175. The van der Waals surface area contributed by atoms with E-state index in [0.29, 0.717) is 5.69 Å². The van der Waals surface area contributed by atoms with Gasteiger partial charge in [-0.15, -0.1) is 0 Å². The Morgan fingerprint density at radius 3 is 2.50 bits per heavy atom. The van der Waals surface area contributed by atoms with Crippen molar-refractivity contribution in [2.24, 2.45) is 7.05 Å². The highest BCUT2D eigenvalue weighted by Gasteiger charge is 2.19. The van der Waals surface area contributed by atoms with Crippen molar-refractivity contribution in [1.29, 1.82) is 5.26 Å². The molecule has 1 aromatic heterocycles. The van der Waals surface area contributed by atoms with Crippen molar-refractivity contribution < 1.29 is 9.90 Å². The van der Waals surface area contributed by atoms with Crippen LogP contribution in [-0.2, 0) is 7.05 Å². The van der Waals surface area contributed by atoms with Gasteiger partial charge in [-0.1, -0.05) is 13.8 Å². The fourth-order valence-corrected chi connectivity index (χ4v) is 1.70. The lowest BCUT2D eigenvalue weighted by Crippen LogP contribution is -2.26. The molecule has 0 fully saturated rings. The zero-order valence-electron chi connectivity index (χ0n) is 9.31. The Bertz CT molecular complexity index is 535. The standard InChI is InChI=1S/C11H12N2O3/c1-6(2)9-8(11(15)16)4-7(5-12)10(14)13(9)3/h4,6H,1-3H3,(H,15,16). The molecule has 1 heterocycles. The number of hydrogen-bond donors (Lipinski definition) is 1. The average Bonchev–Trinajstić information content (AvgIpc) is 2.20. The second-order valence-electron chi connectivity index (χ2n) is 3.79. The maximum absolute atomic E-state index is 11.6. The largest absolute Gasteiger partial charge is 0.478 e. The lowest BCUT2D eigenvalue weighted by Gasteiger charge is -2.14. The first-order valence-electron chi connectivity index (χ1n) is 4.77. The first-order chi connectivity index (χ1) is 7.40. The summed E-state index contributed by atoms with van der Waals surface area (Å²) in [6, 6.07) is 2.84. The number of carboxylic acid groups (broad SMARTS) is 1. The second kappa shape index (κ2) is 4.19. The molecule has 0 saturated carbocycles. The smallest absolute Gasteiger partial charge is 0.337 e. The number of hydrogen-bond acceptors (Lipinski definition) is 3. The van der Waals surface area contributed by atoms with E-state index in [9.17, 15) is 9.59 Å². The lowest BCUT2D eigenvalue weighted by molar-refractivity contribution is 0.0694.